The van der Waals surface area contributed by atoms with Gasteiger partial charge in [0.2, 0.25) is 0 Å². The van der Waals surface area contributed by atoms with Crippen LogP contribution in [0.5, 0.6) is 0 Å². The van der Waals surface area contributed by atoms with Gasteiger partial charge in [-0.2, -0.15) is 5.26 Å². The van der Waals surface area contributed by atoms with Crippen molar-refractivity contribution in [2.75, 3.05) is 5.73 Å². The molecule has 4 heteroatoms. The minimum atomic E-state index is -0.369. The number of nitrogens with two attached hydrogens (primary N) is 1. The highest BCUT2D eigenvalue weighted by atomic mass is 16.5. The number of nitrogen functional groups attached to an aromatic ring is 1. The predicted octanol–water partition coefficient (Wildman–Crippen LogP) is 2.99. The maximum atomic E-state index is 12.0. The van der Waals surface area contributed by atoms with E-state index in [1.54, 1.807) is 43.3 Å². The Morgan fingerprint density at radius 3 is 2.62 bits per heavy atom. The van der Waals surface area contributed by atoms with Crippen LogP contribution in [0, 0.1) is 11.3 Å². The summed E-state index contributed by atoms with van der Waals surface area (Å²) in [7, 11) is 0. The number of carbonyl (C=O) groups is 1. The molecule has 2 N–H and O–H groups in total. The molecule has 2 aromatic carbocycles. The average Bonchev–Trinajstić information content (AvgIpc) is 2.52. The molecule has 21 heavy (non-hydrogen) atoms. The number of carbonyl (C=O) groups excluding carboxylic acids is 1. The standard InChI is InChI=1S/C17H16N2O2/c1-12(15-3-2-4-16(19)9-15)17(20)21-11-14-7-5-13(10-18)6-8-14/h2-9,12H,11,19H2,1H3. The molecule has 2 aromatic rings. The maximum absolute atomic E-state index is 12.0. The Morgan fingerprint density at radius 1 is 1.29 bits per heavy atom. The van der Waals surface area contributed by atoms with Crippen LogP contribution in [0.2, 0.25) is 0 Å². The third-order valence-electron chi connectivity index (χ3n) is 3.23. The third-order valence-corrected chi connectivity index (χ3v) is 3.23. The fraction of sp³-hybridized carbons (Fsp3) is 0.176. The number of nitriles is 1. The van der Waals surface area contributed by atoms with Crippen LogP contribution < -0.4 is 5.73 Å². The topological polar surface area (TPSA) is 76.1 Å². The Bertz CT molecular complexity index is 672. The van der Waals surface area contributed by atoms with Crippen LogP contribution in [-0.2, 0) is 16.1 Å². The minimum Gasteiger partial charge on any atom is -0.460 e. The van der Waals surface area contributed by atoms with Crippen LogP contribution in [-0.4, -0.2) is 5.97 Å². The van der Waals surface area contributed by atoms with Gasteiger partial charge in [-0.3, -0.25) is 4.79 Å². The van der Waals surface area contributed by atoms with Crippen LogP contribution in [0.3, 0.4) is 0 Å². The first-order valence-corrected chi connectivity index (χ1v) is 6.61. The molecule has 0 amide bonds. The van der Waals surface area contributed by atoms with Crippen molar-refractivity contribution in [3.8, 4) is 6.07 Å². The van der Waals surface area contributed by atoms with Crippen molar-refractivity contribution in [1.29, 1.82) is 5.26 Å². The zero-order chi connectivity index (χ0) is 15.2. The van der Waals surface area contributed by atoms with Crippen LogP contribution >= 0.6 is 0 Å². The van der Waals surface area contributed by atoms with Crippen molar-refractivity contribution in [3.63, 3.8) is 0 Å². The van der Waals surface area contributed by atoms with Gasteiger partial charge in [-0.1, -0.05) is 24.3 Å². The van der Waals surface area contributed by atoms with E-state index in [-0.39, 0.29) is 18.5 Å². The van der Waals surface area contributed by atoms with Gasteiger partial charge in [-0.25, -0.2) is 0 Å². The predicted molar refractivity (Wildman–Crippen MR) is 80.2 cm³/mol. The zero-order valence-corrected chi connectivity index (χ0v) is 11.7. The number of benzene rings is 2. The lowest BCUT2D eigenvalue weighted by atomic mass is 10.0. The molecule has 0 aliphatic heterocycles. The van der Waals surface area contributed by atoms with Crippen molar-refractivity contribution < 1.29 is 9.53 Å². The van der Waals surface area contributed by atoms with Gasteiger partial charge in [0.05, 0.1) is 17.6 Å². The smallest absolute Gasteiger partial charge is 0.313 e. The van der Waals surface area contributed by atoms with E-state index in [0.29, 0.717) is 11.3 Å². The number of rotatable bonds is 4. The quantitative estimate of drug-likeness (QED) is 0.690. The Labute approximate surface area is 123 Å². The number of anilines is 1. The summed E-state index contributed by atoms with van der Waals surface area (Å²) in [6.45, 7) is 1.98. The first-order valence-electron chi connectivity index (χ1n) is 6.61. The fourth-order valence-corrected chi connectivity index (χ4v) is 1.92. The van der Waals surface area contributed by atoms with Gasteiger partial charge in [0.25, 0.3) is 0 Å². The summed E-state index contributed by atoms with van der Waals surface area (Å²) >= 11 is 0. The molecule has 0 aliphatic carbocycles. The van der Waals surface area contributed by atoms with Gasteiger partial charge < -0.3 is 10.5 Å². The molecule has 0 saturated carbocycles. The molecule has 2 rings (SSSR count). The second-order valence-corrected chi connectivity index (χ2v) is 4.81. The van der Waals surface area contributed by atoms with E-state index in [9.17, 15) is 4.79 Å². The van der Waals surface area contributed by atoms with Crippen LogP contribution in [0.1, 0.15) is 29.5 Å². The Balaban J connectivity index is 1.96. The highest BCUT2D eigenvalue weighted by Crippen LogP contribution is 2.19. The summed E-state index contributed by atoms with van der Waals surface area (Å²) in [6.07, 6.45) is 0. The van der Waals surface area contributed by atoms with E-state index in [2.05, 4.69) is 0 Å². The van der Waals surface area contributed by atoms with E-state index in [1.807, 2.05) is 18.2 Å². The van der Waals surface area contributed by atoms with Crippen molar-refractivity contribution in [2.24, 2.45) is 0 Å². The molecule has 0 radical (unpaired) electrons. The largest absolute Gasteiger partial charge is 0.460 e. The summed E-state index contributed by atoms with van der Waals surface area (Å²) in [5.74, 6) is -0.670. The maximum Gasteiger partial charge on any atom is 0.313 e. The van der Waals surface area contributed by atoms with Crippen LogP contribution in [0.25, 0.3) is 0 Å². The van der Waals surface area contributed by atoms with Gasteiger partial charge in [0.15, 0.2) is 0 Å². The first-order chi connectivity index (χ1) is 10.1. The molecule has 0 heterocycles. The van der Waals surface area contributed by atoms with Crippen LogP contribution in [0.4, 0.5) is 5.69 Å². The molecule has 4 nitrogen and oxygen atoms in total. The Hall–Kier alpha value is -2.80. The van der Waals surface area contributed by atoms with E-state index in [1.165, 1.54) is 0 Å². The van der Waals surface area contributed by atoms with Gasteiger partial charge in [0.1, 0.15) is 6.61 Å². The number of hydrogen-bond donors (Lipinski definition) is 1. The van der Waals surface area contributed by atoms with Crippen molar-refractivity contribution in [1.82, 2.24) is 0 Å². The molecule has 0 fully saturated rings. The van der Waals surface area contributed by atoms with E-state index in [4.69, 9.17) is 15.7 Å². The Morgan fingerprint density at radius 2 is 2.00 bits per heavy atom. The Kier molecular flexibility index (Phi) is 4.57. The van der Waals surface area contributed by atoms with E-state index >= 15 is 0 Å². The number of ether oxygens (including phenoxy) is 1. The van der Waals surface area contributed by atoms with E-state index < -0.39 is 0 Å². The van der Waals surface area contributed by atoms with Crippen molar-refractivity contribution in [2.45, 2.75) is 19.4 Å². The molecule has 1 unspecified atom stereocenters. The van der Waals surface area contributed by atoms with Gasteiger partial charge >= 0.3 is 5.97 Å². The fourth-order valence-electron chi connectivity index (χ4n) is 1.92. The summed E-state index contributed by atoms with van der Waals surface area (Å²) in [4.78, 5) is 12.0. The molecule has 1 atom stereocenters. The molecular weight excluding hydrogens is 264 g/mol. The summed E-state index contributed by atoms with van der Waals surface area (Å²) in [6, 6.07) is 16.2. The van der Waals surface area contributed by atoms with Crippen molar-refractivity contribution in [3.05, 3.63) is 65.2 Å². The van der Waals surface area contributed by atoms with E-state index in [0.717, 1.165) is 11.1 Å². The molecule has 0 aromatic heterocycles. The number of nitrogens with zero attached hydrogens (tertiary/aromatic N) is 1. The average molecular weight is 280 g/mol. The number of hydrogen-bond acceptors (Lipinski definition) is 4. The number of esters is 1. The molecule has 0 bridgehead atoms. The molecule has 0 spiro atoms. The lowest BCUT2D eigenvalue weighted by Gasteiger charge is -2.12. The summed E-state index contributed by atoms with van der Waals surface area (Å²) < 4.78 is 5.29. The zero-order valence-electron chi connectivity index (χ0n) is 11.7. The lowest BCUT2D eigenvalue weighted by molar-refractivity contribution is -0.146. The second-order valence-electron chi connectivity index (χ2n) is 4.81. The first kappa shape index (κ1) is 14.6. The highest BCUT2D eigenvalue weighted by Gasteiger charge is 2.16. The van der Waals surface area contributed by atoms with Gasteiger partial charge in [-0.05, 0) is 42.3 Å². The molecule has 0 saturated heterocycles. The normalized spacial score (nSPS) is 11.4. The van der Waals surface area contributed by atoms with Crippen LogP contribution in [0.15, 0.2) is 48.5 Å². The lowest BCUT2D eigenvalue weighted by Crippen LogP contribution is -2.13. The second kappa shape index (κ2) is 6.58. The van der Waals surface area contributed by atoms with Gasteiger partial charge in [-0.15, -0.1) is 0 Å². The van der Waals surface area contributed by atoms with Crippen molar-refractivity contribution >= 4 is 11.7 Å². The molecular formula is C17H16N2O2. The molecule has 106 valence electrons. The summed E-state index contributed by atoms with van der Waals surface area (Å²) in [5, 5.41) is 8.72. The highest BCUT2D eigenvalue weighted by molar-refractivity contribution is 5.78. The van der Waals surface area contributed by atoms with Gasteiger partial charge in [0, 0.05) is 5.69 Å². The molecule has 0 aliphatic rings. The SMILES string of the molecule is CC(C(=O)OCc1ccc(C#N)cc1)c1cccc(N)c1. The summed E-state index contributed by atoms with van der Waals surface area (Å²) in [5.41, 5.74) is 8.60. The third kappa shape index (κ3) is 3.83. The minimum absolute atomic E-state index is 0.192. The monoisotopic (exact) mass is 280 g/mol.